The molecule has 0 aliphatic carbocycles. The Morgan fingerprint density at radius 2 is 1.84 bits per heavy atom. The van der Waals surface area contributed by atoms with Crippen LogP contribution in [0.3, 0.4) is 0 Å². The molecule has 32 heavy (non-hydrogen) atoms. The fraction of sp³-hybridized carbons (Fsp3) is 0.346. The number of methoxy groups -OCH3 is 1. The first-order valence-corrected chi connectivity index (χ1v) is 11.0. The van der Waals surface area contributed by atoms with E-state index in [-0.39, 0.29) is 5.91 Å². The van der Waals surface area contributed by atoms with Crippen LogP contribution in [0.5, 0.6) is 11.5 Å². The Balaban J connectivity index is 1.71. The summed E-state index contributed by atoms with van der Waals surface area (Å²) in [5.74, 6) is 1.57. The van der Waals surface area contributed by atoms with Gasteiger partial charge in [-0.2, -0.15) is 0 Å². The number of furan rings is 1. The molecule has 1 amide bonds. The zero-order chi connectivity index (χ0) is 22.7. The van der Waals surface area contributed by atoms with E-state index in [0.717, 1.165) is 70.9 Å². The fourth-order valence-corrected chi connectivity index (χ4v) is 4.01. The van der Waals surface area contributed by atoms with Gasteiger partial charge in [0.05, 0.1) is 20.0 Å². The molecule has 1 aliphatic heterocycles. The molecule has 0 bridgehead atoms. The summed E-state index contributed by atoms with van der Waals surface area (Å²) in [5.41, 5.74) is 4.56. The van der Waals surface area contributed by atoms with Crippen molar-refractivity contribution in [2.75, 3.05) is 46.9 Å². The van der Waals surface area contributed by atoms with E-state index in [1.165, 1.54) is 0 Å². The average Bonchev–Trinajstić information content (AvgIpc) is 3.22. The van der Waals surface area contributed by atoms with Gasteiger partial charge in [0.15, 0.2) is 0 Å². The minimum atomic E-state index is 0.0423. The summed E-state index contributed by atoms with van der Waals surface area (Å²) in [7, 11) is 3.74. The minimum absolute atomic E-state index is 0.0423. The number of rotatable bonds is 6. The number of piperazine rings is 1. The highest BCUT2D eigenvalue weighted by atomic mass is 16.5. The fourth-order valence-electron chi connectivity index (χ4n) is 4.01. The van der Waals surface area contributed by atoms with Crippen molar-refractivity contribution in [3.05, 3.63) is 54.3 Å². The zero-order valence-corrected chi connectivity index (χ0v) is 19.2. The first-order valence-electron chi connectivity index (χ1n) is 11.0. The number of likely N-dealkylation sites (N-methyl/N-ethyl adjacent to an activating group) is 1. The van der Waals surface area contributed by atoms with Crippen molar-refractivity contribution < 1.29 is 18.7 Å². The Kier molecular flexibility index (Phi) is 6.51. The predicted molar refractivity (Wildman–Crippen MR) is 127 cm³/mol. The van der Waals surface area contributed by atoms with Crippen molar-refractivity contribution >= 4 is 22.4 Å². The summed E-state index contributed by atoms with van der Waals surface area (Å²) in [4.78, 5) is 17.0. The van der Waals surface area contributed by atoms with Gasteiger partial charge in [-0.25, -0.2) is 0 Å². The van der Waals surface area contributed by atoms with Gasteiger partial charge >= 0.3 is 0 Å². The van der Waals surface area contributed by atoms with Crippen LogP contribution in [-0.4, -0.2) is 62.7 Å². The second-order valence-corrected chi connectivity index (χ2v) is 8.11. The second kappa shape index (κ2) is 9.49. The van der Waals surface area contributed by atoms with Gasteiger partial charge in [0.2, 0.25) is 5.91 Å². The maximum Gasteiger partial charge on any atom is 0.246 e. The number of carbonyl (C=O) groups excluding carboxylic acids is 1. The lowest BCUT2D eigenvalue weighted by atomic mass is 9.99. The van der Waals surface area contributed by atoms with Gasteiger partial charge in [0.25, 0.3) is 0 Å². The third kappa shape index (κ3) is 4.50. The standard InChI is InChI=1S/C26H30N2O4/c1-5-31-24-16-25-22(23(17-32-25)19-6-8-20(30-4)9-7-19)15-21(24)18(2)14-26(29)28-12-10-27(3)11-13-28/h6-9,14-17H,5,10-13H2,1-4H3/b18-14+. The lowest BCUT2D eigenvalue weighted by Gasteiger charge is -2.31. The molecule has 1 aliphatic rings. The van der Waals surface area contributed by atoms with Gasteiger partial charge < -0.3 is 23.7 Å². The molecule has 6 heteroatoms. The van der Waals surface area contributed by atoms with E-state index < -0.39 is 0 Å². The van der Waals surface area contributed by atoms with Crippen LogP contribution >= 0.6 is 0 Å². The summed E-state index contributed by atoms with van der Waals surface area (Å²) < 4.78 is 17.0. The van der Waals surface area contributed by atoms with E-state index in [9.17, 15) is 4.79 Å². The first kappa shape index (κ1) is 22.0. The van der Waals surface area contributed by atoms with Gasteiger partial charge in [-0.1, -0.05) is 12.1 Å². The average molecular weight is 435 g/mol. The van der Waals surface area contributed by atoms with E-state index in [1.54, 1.807) is 19.4 Å². The lowest BCUT2D eigenvalue weighted by Crippen LogP contribution is -2.46. The summed E-state index contributed by atoms with van der Waals surface area (Å²) in [6.45, 7) is 7.74. The molecule has 168 valence electrons. The highest BCUT2D eigenvalue weighted by molar-refractivity contribution is 6.00. The molecule has 1 aromatic heterocycles. The monoisotopic (exact) mass is 434 g/mol. The Morgan fingerprint density at radius 3 is 2.50 bits per heavy atom. The van der Waals surface area contributed by atoms with Crippen molar-refractivity contribution in [2.45, 2.75) is 13.8 Å². The summed E-state index contributed by atoms with van der Waals surface area (Å²) >= 11 is 0. The molecule has 2 heterocycles. The lowest BCUT2D eigenvalue weighted by molar-refractivity contribution is -0.127. The van der Waals surface area contributed by atoms with Crippen LogP contribution in [0.15, 0.2) is 53.2 Å². The van der Waals surface area contributed by atoms with Crippen LogP contribution in [0.4, 0.5) is 0 Å². The molecule has 0 saturated carbocycles. The number of carbonyl (C=O) groups is 1. The third-order valence-electron chi connectivity index (χ3n) is 5.96. The molecule has 0 N–H and O–H groups in total. The topological polar surface area (TPSA) is 55.2 Å². The summed E-state index contributed by atoms with van der Waals surface area (Å²) in [6, 6.07) is 11.9. The Bertz CT molecular complexity index is 1120. The Labute approximate surface area is 189 Å². The molecule has 1 saturated heterocycles. The molecular weight excluding hydrogens is 404 g/mol. The third-order valence-corrected chi connectivity index (χ3v) is 5.96. The van der Waals surface area contributed by atoms with Crippen molar-refractivity contribution in [3.8, 4) is 22.6 Å². The van der Waals surface area contributed by atoms with Crippen LogP contribution in [0.1, 0.15) is 19.4 Å². The van der Waals surface area contributed by atoms with E-state index in [2.05, 4.69) is 18.0 Å². The molecular formula is C26H30N2O4. The number of ether oxygens (including phenoxy) is 2. The number of allylic oxidation sites excluding steroid dienone is 1. The molecule has 1 fully saturated rings. The number of hydrogen-bond acceptors (Lipinski definition) is 5. The van der Waals surface area contributed by atoms with Gasteiger partial charge in [-0.3, -0.25) is 4.79 Å². The van der Waals surface area contributed by atoms with E-state index in [4.69, 9.17) is 13.9 Å². The van der Waals surface area contributed by atoms with Gasteiger partial charge in [0.1, 0.15) is 17.1 Å². The number of fused-ring (bicyclic) bond motifs is 1. The number of hydrogen-bond donors (Lipinski definition) is 0. The quantitative estimate of drug-likeness (QED) is 0.527. The molecule has 0 spiro atoms. The van der Waals surface area contributed by atoms with Crippen molar-refractivity contribution in [1.29, 1.82) is 0 Å². The molecule has 3 aromatic rings. The van der Waals surface area contributed by atoms with Crippen molar-refractivity contribution in [3.63, 3.8) is 0 Å². The van der Waals surface area contributed by atoms with Crippen LogP contribution in [0, 0.1) is 0 Å². The van der Waals surface area contributed by atoms with Crippen LogP contribution in [-0.2, 0) is 4.79 Å². The number of amides is 1. The molecule has 0 atom stereocenters. The molecule has 0 unspecified atom stereocenters. The largest absolute Gasteiger partial charge is 0.497 e. The Hall–Kier alpha value is -3.25. The van der Waals surface area contributed by atoms with Crippen molar-refractivity contribution in [2.24, 2.45) is 0 Å². The molecule has 2 aromatic carbocycles. The maximum atomic E-state index is 12.9. The van der Waals surface area contributed by atoms with Gasteiger partial charge in [-0.15, -0.1) is 0 Å². The van der Waals surface area contributed by atoms with Crippen LogP contribution < -0.4 is 9.47 Å². The van der Waals surface area contributed by atoms with E-state index >= 15 is 0 Å². The minimum Gasteiger partial charge on any atom is -0.497 e. The molecule has 0 radical (unpaired) electrons. The zero-order valence-electron chi connectivity index (χ0n) is 19.2. The first-order chi connectivity index (χ1) is 15.5. The summed E-state index contributed by atoms with van der Waals surface area (Å²) in [5, 5.41) is 0.980. The summed E-state index contributed by atoms with van der Waals surface area (Å²) in [6.07, 6.45) is 3.49. The number of nitrogens with zero attached hydrogens (tertiary/aromatic N) is 2. The van der Waals surface area contributed by atoms with E-state index in [1.807, 2.05) is 49.1 Å². The Morgan fingerprint density at radius 1 is 1.12 bits per heavy atom. The molecule has 6 nitrogen and oxygen atoms in total. The van der Waals surface area contributed by atoms with Crippen LogP contribution in [0.25, 0.3) is 27.7 Å². The highest BCUT2D eigenvalue weighted by Gasteiger charge is 2.19. The van der Waals surface area contributed by atoms with Crippen LogP contribution in [0.2, 0.25) is 0 Å². The highest BCUT2D eigenvalue weighted by Crippen LogP contribution is 2.38. The molecule has 4 rings (SSSR count). The van der Waals surface area contributed by atoms with Crippen molar-refractivity contribution in [1.82, 2.24) is 9.80 Å². The van der Waals surface area contributed by atoms with E-state index in [0.29, 0.717) is 6.61 Å². The predicted octanol–water partition coefficient (Wildman–Crippen LogP) is 4.68. The van der Waals surface area contributed by atoms with Gasteiger partial charge in [-0.05, 0) is 50.2 Å². The maximum absolute atomic E-state index is 12.9. The second-order valence-electron chi connectivity index (χ2n) is 8.11. The van der Waals surface area contributed by atoms with Gasteiger partial charge in [0, 0.05) is 54.8 Å². The number of benzene rings is 2. The SMILES string of the molecule is CCOc1cc2occ(-c3ccc(OC)cc3)c2cc1/C(C)=C/C(=O)N1CCN(C)CC1. The normalized spacial score (nSPS) is 15.2. The smallest absolute Gasteiger partial charge is 0.246 e.